The van der Waals surface area contributed by atoms with Crippen LogP contribution in [0.3, 0.4) is 0 Å². The van der Waals surface area contributed by atoms with Crippen LogP contribution in [0.2, 0.25) is 0 Å². The van der Waals surface area contributed by atoms with Gasteiger partial charge in [-0.05, 0) is 78.6 Å². The molecular formula is C54H55N7O11. The number of hydrogen-bond donors (Lipinski definition) is 3. The van der Waals surface area contributed by atoms with E-state index in [1.54, 1.807) is 49.6 Å². The number of carbonyl (C=O) groups is 5. The van der Waals surface area contributed by atoms with E-state index in [0.29, 0.717) is 57.5 Å². The fraction of sp³-hybridized carbons (Fsp3) is 0.315. The monoisotopic (exact) mass is 977 g/mol. The molecular weight excluding hydrogens is 923 g/mol. The highest BCUT2D eigenvalue weighted by molar-refractivity contribution is 6.14. The lowest BCUT2D eigenvalue weighted by atomic mass is 10.0. The van der Waals surface area contributed by atoms with Crippen LogP contribution in [0.1, 0.15) is 75.0 Å². The summed E-state index contributed by atoms with van der Waals surface area (Å²) in [7, 11) is 5.97. The molecule has 0 saturated carbocycles. The maximum absolute atomic E-state index is 14.1. The summed E-state index contributed by atoms with van der Waals surface area (Å²) in [5.41, 5.74) is 7.77. The van der Waals surface area contributed by atoms with Gasteiger partial charge in [-0.25, -0.2) is 0 Å². The Morgan fingerprint density at radius 3 is 1.96 bits per heavy atom. The minimum absolute atomic E-state index is 0.0255. The number of para-hydroxylation sites is 2. The number of carbonyl (C=O) groups excluding carboxylic acids is 5. The van der Waals surface area contributed by atoms with Crippen molar-refractivity contribution in [1.82, 2.24) is 16.0 Å². The molecule has 9 rings (SSSR count). The van der Waals surface area contributed by atoms with Crippen LogP contribution in [0.15, 0.2) is 101 Å². The second kappa shape index (κ2) is 21.0. The maximum atomic E-state index is 14.1. The summed E-state index contributed by atoms with van der Waals surface area (Å²) in [6.45, 7) is 2.93. The second-order valence-electron chi connectivity index (χ2n) is 17.8. The highest BCUT2D eigenvalue weighted by Crippen LogP contribution is 2.47. The molecule has 0 aliphatic carbocycles. The van der Waals surface area contributed by atoms with Gasteiger partial charge in [0, 0.05) is 73.6 Å². The first-order chi connectivity index (χ1) is 34.9. The van der Waals surface area contributed by atoms with Crippen LogP contribution in [0.4, 0.5) is 22.7 Å². The average Bonchev–Trinajstić information content (AvgIpc) is 3.87. The third-order valence-corrected chi connectivity index (χ3v) is 13.1. The molecule has 72 heavy (non-hydrogen) atoms. The van der Waals surface area contributed by atoms with Crippen LogP contribution in [0, 0.1) is 0 Å². The van der Waals surface area contributed by atoms with E-state index >= 15 is 0 Å². The molecule has 5 aromatic carbocycles. The zero-order valence-corrected chi connectivity index (χ0v) is 40.7. The average molecular weight is 978 g/mol. The molecule has 18 heteroatoms. The number of hydrogen-bond acceptors (Lipinski definition) is 14. The van der Waals surface area contributed by atoms with Crippen LogP contribution < -0.4 is 44.7 Å². The number of anilines is 2. The number of esters is 1. The Kier molecular flexibility index (Phi) is 14.2. The van der Waals surface area contributed by atoms with E-state index in [2.05, 4.69) is 37.7 Å². The zero-order valence-electron chi connectivity index (χ0n) is 40.7. The van der Waals surface area contributed by atoms with E-state index in [0.717, 1.165) is 28.9 Å². The summed E-state index contributed by atoms with van der Waals surface area (Å²) in [5, 5.41) is 7.92. The molecule has 0 radical (unpaired) electrons. The summed E-state index contributed by atoms with van der Waals surface area (Å²) >= 11 is 0. The first kappa shape index (κ1) is 48.8. The van der Waals surface area contributed by atoms with Gasteiger partial charge in [0.15, 0.2) is 29.2 Å². The summed E-state index contributed by atoms with van der Waals surface area (Å²) in [6.07, 6.45) is 4.65. The number of methoxy groups -OCH3 is 4. The molecule has 18 nitrogen and oxygen atoms in total. The van der Waals surface area contributed by atoms with Crippen molar-refractivity contribution in [2.24, 2.45) is 9.98 Å². The number of ether oxygens (including phenoxy) is 6. The Morgan fingerprint density at radius 1 is 0.681 bits per heavy atom. The molecule has 4 heterocycles. The van der Waals surface area contributed by atoms with Crippen molar-refractivity contribution in [3.8, 4) is 23.0 Å². The van der Waals surface area contributed by atoms with Crippen molar-refractivity contribution in [2.45, 2.75) is 76.7 Å². The van der Waals surface area contributed by atoms with Gasteiger partial charge < -0.3 is 49.3 Å². The Labute approximate surface area is 416 Å². The van der Waals surface area contributed by atoms with E-state index in [4.69, 9.17) is 33.7 Å². The van der Waals surface area contributed by atoms with E-state index in [1.807, 2.05) is 60.8 Å². The molecule has 1 unspecified atom stereocenters. The van der Waals surface area contributed by atoms with E-state index < -0.39 is 42.0 Å². The minimum Gasteiger partial charge on any atom is -0.493 e. The summed E-state index contributed by atoms with van der Waals surface area (Å²) < 4.78 is 35.2. The predicted molar refractivity (Wildman–Crippen MR) is 268 cm³/mol. The fourth-order valence-electron chi connectivity index (χ4n) is 9.43. The molecule has 5 atom stereocenters. The number of nitrogens with one attached hydrogen (secondary N) is 3. The largest absolute Gasteiger partial charge is 0.493 e. The molecule has 5 aromatic rings. The van der Waals surface area contributed by atoms with E-state index in [9.17, 15) is 24.0 Å². The van der Waals surface area contributed by atoms with Crippen LogP contribution in [-0.2, 0) is 49.9 Å². The fourth-order valence-corrected chi connectivity index (χ4v) is 9.43. The Bertz CT molecular complexity index is 3010. The number of aliphatic imine (C=N–C) groups is 2. The molecule has 0 fully saturated rings. The minimum atomic E-state index is -1.07. The third kappa shape index (κ3) is 9.90. The Morgan fingerprint density at radius 2 is 1.28 bits per heavy atom. The number of fused-ring (bicyclic) bond motifs is 8. The van der Waals surface area contributed by atoms with Gasteiger partial charge in [-0.15, -0.1) is 0 Å². The van der Waals surface area contributed by atoms with Crippen LogP contribution in [0.5, 0.6) is 23.0 Å². The third-order valence-electron chi connectivity index (χ3n) is 13.1. The van der Waals surface area contributed by atoms with E-state index in [-0.39, 0.29) is 49.7 Å². The number of rotatable bonds is 17. The molecule has 0 spiro atoms. The van der Waals surface area contributed by atoms with Gasteiger partial charge in [0.2, 0.25) is 11.8 Å². The standard InChI is InChI=1S/C54H55N7O11/c1-30(50(63)55-16-15-49(62)69-5)58-51(64)31(2)59-52(65)36-18-32(28-71-47-24-41-39(22-45(47)67-3)53(66)60-37(26-56-41)20-34-11-7-9-13-43(34)60)17-33(19-36)29-72-48-25-42-40(23-46(48)68-4)54(70-6)61-38(27-57-42)21-35-12-8-10-14-44(35)61/h7-14,17-19,22-27,30-31,37-38,54H,15-16,20-21,28-29H2,1-6H3,(H,55,63)(H,58,64)(H,59,65)/t30-,31-,37-,38-,54?/m0/s1. The lowest BCUT2D eigenvalue weighted by Crippen LogP contribution is -2.51. The van der Waals surface area contributed by atoms with Crippen LogP contribution in [0.25, 0.3) is 0 Å². The summed E-state index contributed by atoms with van der Waals surface area (Å²) in [4.78, 5) is 79.1. The predicted octanol–water partition coefficient (Wildman–Crippen LogP) is 6.24. The molecule has 4 aliphatic rings. The number of benzene rings is 5. The SMILES string of the molecule is COC(=O)CCNC(=O)[C@H](C)NC(=O)[C@H](C)NC(=O)c1cc(COc2cc3c(cc2OC)C(=O)N2c4ccccc4C[C@H]2C=N3)cc(COc2cc3c(cc2OC)C(OC)N2c4ccccc4C[C@H]2C=N3)c1. The quantitative estimate of drug-likeness (QED) is 0.0885. The zero-order chi connectivity index (χ0) is 50.6. The second-order valence-corrected chi connectivity index (χ2v) is 17.8. The molecule has 3 N–H and O–H groups in total. The normalized spacial score (nSPS) is 17.6. The molecule has 0 bridgehead atoms. The van der Waals surface area contributed by atoms with Gasteiger partial charge in [0.1, 0.15) is 25.3 Å². The lowest BCUT2D eigenvalue weighted by Gasteiger charge is -2.32. The van der Waals surface area contributed by atoms with E-state index in [1.165, 1.54) is 33.6 Å². The number of nitrogens with zero attached hydrogens (tertiary/aromatic N) is 4. The van der Waals surface area contributed by atoms with Crippen LogP contribution in [-0.4, -0.2) is 101 Å². The Balaban J connectivity index is 0.965. The maximum Gasteiger partial charge on any atom is 0.307 e. The molecule has 0 aromatic heterocycles. The molecule has 0 saturated heterocycles. The smallest absolute Gasteiger partial charge is 0.307 e. The highest BCUT2D eigenvalue weighted by atomic mass is 16.5. The van der Waals surface area contributed by atoms with Crippen molar-refractivity contribution in [3.63, 3.8) is 0 Å². The molecule has 372 valence electrons. The van der Waals surface area contributed by atoms with Crippen molar-refractivity contribution >= 4 is 64.8 Å². The van der Waals surface area contributed by atoms with Crippen molar-refractivity contribution in [1.29, 1.82) is 0 Å². The first-order valence-electron chi connectivity index (χ1n) is 23.5. The summed E-state index contributed by atoms with van der Waals surface area (Å²) in [6, 6.07) is 25.8. The van der Waals surface area contributed by atoms with Gasteiger partial charge in [0.05, 0.1) is 56.8 Å². The highest BCUT2D eigenvalue weighted by Gasteiger charge is 2.39. The topological polar surface area (TPSA) is 208 Å². The number of amides is 4. The van der Waals surface area contributed by atoms with Crippen molar-refractivity contribution in [3.05, 3.63) is 130 Å². The Hall–Kier alpha value is -8.25. The van der Waals surface area contributed by atoms with Crippen molar-refractivity contribution < 1.29 is 52.4 Å². The van der Waals surface area contributed by atoms with Gasteiger partial charge in [-0.1, -0.05) is 36.4 Å². The van der Waals surface area contributed by atoms with Crippen LogP contribution >= 0.6 is 0 Å². The molecule has 4 amide bonds. The van der Waals surface area contributed by atoms with Crippen molar-refractivity contribution in [2.75, 3.05) is 44.8 Å². The van der Waals surface area contributed by atoms with Gasteiger partial charge in [-0.3, -0.25) is 38.9 Å². The van der Waals surface area contributed by atoms with Gasteiger partial charge >= 0.3 is 5.97 Å². The first-order valence-corrected chi connectivity index (χ1v) is 23.5. The van der Waals surface area contributed by atoms with Gasteiger partial charge in [0.25, 0.3) is 11.8 Å². The van der Waals surface area contributed by atoms with Gasteiger partial charge in [-0.2, -0.15) is 0 Å². The lowest BCUT2D eigenvalue weighted by molar-refractivity contribution is -0.140. The summed E-state index contributed by atoms with van der Waals surface area (Å²) in [5.74, 6) is -0.921. The molecule has 4 aliphatic heterocycles.